The molecule has 0 radical (unpaired) electrons. The Bertz CT molecular complexity index is 6100. The summed E-state index contributed by atoms with van der Waals surface area (Å²) in [7, 11) is 0. The Balaban J connectivity index is 0.477. The zero-order valence-electron chi connectivity index (χ0n) is 67.7. The van der Waals surface area contributed by atoms with Crippen LogP contribution in [0.4, 0.5) is 45.5 Å². The summed E-state index contributed by atoms with van der Waals surface area (Å²) < 4.78 is 0. The third kappa shape index (κ3) is 13.9. The SMILES string of the molecule is [C-]#[N+]c1ccc2c(c1)C1(c3cc(C#N)ccc3-2)c2ccccc2N(c2ccc(-c3ccc(C(C)CCC(CCC(C=C)CCC/C=C/CCC(CCC(CC)c4ccc(-c5ccc(N6c7ccccc7C7(c8cc(C#N)ccc8-c8ccc([N+]#[C-])cc87)c7ccccc76)cc5)cc4)c4ccccc4)c4ccccc4)cc3)cc2)c2ccccc21. The van der Waals surface area contributed by atoms with Crippen molar-refractivity contribution in [1.82, 2.24) is 0 Å². The van der Waals surface area contributed by atoms with Gasteiger partial charge in [0.05, 0.1) is 70.0 Å². The number of rotatable bonds is 26. The van der Waals surface area contributed by atoms with Crippen LogP contribution in [0, 0.1) is 41.7 Å². The van der Waals surface area contributed by atoms with E-state index >= 15 is 0 Å². The molecule has 6 nitrogen and oxygen atoms in total. The standard InChI is InChI=1S/C113H94N6/c1-6-78(42-46-87(84-30-17-12-18-31-84)45-41-77(3)82-48-51-88(52-49-82)90-57-63-94(64-58-90)118-108-37-23-19-33-100(108)112(101-34-20-24-38-109(101)118)104-71-79(75-114)43-67-96(104)98-69-61-92(116-4)73-106(98)112)27-13-9-8-10-14-32-85(83-28-15-11-16-29-83)50-47-81(7-2)86-53-55-89(56-54-86)91-59-65-95(66-60-91)119-110-39-25-21-35-102(110)113(103-36-22-26-40-111(103)119)105-72-80(76-115)44-68-97(105)99-70-62-93(117-5)74-107(99)113/h6,8,10-12,15-26,28-31,33-40,43-44,48-49,51-74,77-78,81,85,87H,1,7,9,13-14,27,32,41-42,45-47,50H2,2-3H3/b10-8+. The van der Waals surface area contributed by atoms with Crippen molar-refractivity contribution in [2.45, 2.75) is 125 Å². The molecule has 0 fully saturated rings. The van der Waals surface area contributed by atoms with Gasteiger partial charge < -0.3 is 9.80 Å². The van der Waals surface area contributed by atoms with E-state index in [1.165, 1.54) is 44.5 Å². The molecule has 14 aromatic carbocycles. The molecule has 2 aliphatic carbocycles. The van der Waals surface area contributed by atoms with Crippen LogP contribution in [0.15, 0.2) is 352 Å². The van der Waals surface area contributed by atoms with Crippen molar-refractivity contribution < 1.29 is 0 Å². The lowest BCUT2D eigenvalue weighted by molar-refractivity contribution is 0.444. The lowest BCUT2D eigenvalue weighted by atomic mass is 9.64. The largest absolute Gasteiger partial charge is 0.310 e. The van der Waals surface area contributed by atoms with Crippen LogP contribution >= 0.6 is 0 Å². The van der Waals surface area contributed by atoms with Crippen molar-refractivity contribution in [1.29, 1.82) is 10.5 Å². The molecule has 0 bridgehead atoms. The van der Waals surface area contributed by atoms with Gasteiger partial charge in [0.15, 0.2) is 11.4 Å². The molecule has 2 spiro atoms. The van der Waals surface area contributed by atoms with Crippen molar-refractivity contribution in [2.24, 2.45) is 5.92 Å². The van der Waals surface area contributed by atoms with E-state index in [9.17, 15) is 10.5 Å². The number of hydrogen-bond acceptors (Lipinski definition) is 4. The second kappa shape index (κ2) is 33.4. The Morgan fingerprint density at radius 1 is 0.353 bits per heavy atom. The van der Waals surface area contributed by atoms with Crippen molar-refractivity contribution in [3.8, 4) is 56.6 Å². The zero-order chi connectivity index (χ0) is 81.0. The number of anilines is 6. The van der Waals surface area contributed by atoms with E-state index in [4.69, 9.17) is 13.1 Å². The lowest BCUT2D eigenvalue weighted by Gasteiger charge is -2.45. The van der Waals surface area contributed by atoms with Gasteiger partial charge in [0.1, 0.15) is 0 Å². The highest BCUT2D eigenvalue weighted by molar-refractivity contribution is 5.99. The maximum atomic E-state index is 10.3. The van der Waals surface area contributed by atoms with Gasteiger partial charge >= 0.3 is 0 Å². The number of nitrogens with zero attached hydrogens (tertiary/aromatic N) is 6. The predicted octanol–water partition coefficient (Wildman–Crippen LogP) is 30.7. The number of benzene rings is 14. The summed E-state index contributed by atoms with van der Waals surface area (Å²) in [5.74, 6) is 2.32. The molecule has 14 aromatic rings. The average molecular weight is 1540 g/mol. The fourth-order valence-corrected chi connectivity index (χ4v) is 20.5. The third-order valence-corrected chi connectivity index (χ3v) is 26.6. The molecule has 6 heteroatoms. The molecule has 5 atom stereocenters. The first kappa shape index (κ1) is 76.4. The highest BCUT2D eigenvalue weighted by Crippen LogP contribution is 2.66. The van der Waals surface area contributed by atoms with E-state index < -0.39 is 10.8 Å². The fourth-order valence-electron chi connectivity index (χ4n) is 20.5. The van der Waals surface area contributed by atoms with Gasteiger partial charge in [-0.15, -0.1) is 6.58 Å². The van der Waals surface area contributed by atoms with Crippen LogP contribution in [-0.4, -0.2) is 0 Å². The summed E-state index contributed by atoms with van der Waals surface area (Å²) in [5, 5.41) is 20.5. The molecule has 0 aromatic heterocycles. The fraction of sp³-hybridized carbons (Fsp3) is 0.186. The maximum absolute atomic E-state index is 10.3. The molecule has 2 heterocycles. The van der Waals surface area contributed by atoms with Crippen LogP contribution in [0.2, 0.25) is 0 Å². The molecular formula is C113H94N6. The molecule has 5 unspecified atom stereocenters. The number of nitriles is 2. The van der Waals surface area contributed by atoms with E-state index in [-0.39, 0.29) is 0 Å². The topological polar surface area (TPSA) is 62.8 Å². The molecule has 0 saturated heterocycles. The predicted molar refractivity (Wildman–Crippen MR) is 490 cm³/mol. The first-order valence-electron chi connectivity index (χ1n) is 42.6. The van der Waals surface area contributed by atoms with E-state index in [1.54, 1.807) is 0 Å². The molecule has 0 amide bonds. The van der Waals surface area contributed by atoms with Gasteiger partial charge in [-0.3, -0.25) is 0 Å². The molecule has 4 aliphatic rings. The van der Waals surface area contributed by atoms with E-state index in [2.05, 4.69) is 374 Å². The van der Waals surface area contributed by atoms with E-state index in [1.807, 2.05) is 24.3 Å². The monoisotopic (exact) mass is 1530 g/mol. The zero-order valence-corrected chi connectivity index (χ0v) is 67.7. The van der Waals surface area contributed by atoms with Crippen LogP contribution in [0.1, 0.15) is 192 Å². The van der Waals surface area contributed by atoms with Gasteiger partial charge in [-0.2, -0.15) is 10.5 Å². The third-order valence-electron chi connectivity index (χ3n) is 26.6. The Labute approximate surface area is 702 Å². The first-order chi connectivity index (χ1) is 58.6. The quantitative estimate of drug-likeness (QED) is 0.0308. The Morgan fingerprint density at radius 2 is 0.706 bits per heavy atom. The number of para-hydroxylation sites is 4. The number of hydrogen-bond donors (Lipinski definition) is 0. The summed E-state index contributed by atoms with van der Waals surface area (Å²) in [4.78, 5) is 12.6. The van der Waals surface area contributed by atoms with E-state index in [0.29, 0.717) is 52.1 Å². The minimum Gasteiger partial charge on any atom is -0.310 e. The van der Waals surface area contributed by atoms with E-state index in [0.717, 1.165) is 178 Å². The molecule has 2 aliphatic heterocycles. The minimum atomic E-state index is -0.731. The number of fused-ring (bicyclic) bond motifs is 18. The first-order valence-corrected chi connectivity index (χ1v) is 42.6. The smallest absolute Gasteiger partial charge is 0.187 e. The van der Waals surface area contributed by atoms with Crippen LogP contribution in [-0.2, 0) is 10.8 Å². The van der Waals surface area contributed by atoms with Gasteiger partial charge in [-0.25, -0.2) is 9.69 Å². The highest BCUT2D eigenvalue weighted by Gasteiger charge is 2.54. The van der Waals surface area contributed by atoms with Crippen LogP contribution < -0.4 is 9.80 Å². The number of allylic oxidation sites excluding steroid dienone is 3. The Kier molecular flexibility index (Phi) is 21.4. The summed E-state index contributed by atoms with van der Waals surface area (Å²) in [5.41, 5.74) is 30.9. The number of unbranched alkanes of at least 4 members (excludes halogenated alkanes) is 1. The van der Waals surface area contributed by atoms with Crippen LogP contribution in [0.3, 0.4) is 0 Å². The van der Waals surface area contributed by atoms with Crippen LogP contribution in [0.25, 0.3) is 54.2 Å². The van der Waals surface area contributed by atoms with Crippen molar-refractivity contribution >= 4 is 45.5 Å². The molecule has 119 heavy (non-hydrogen) atoms. The van der Waals surface area contributed by atoms with Gasteiger partial charge in [0, 0.05) is 11.4 Å². The molecular weight excluding hydrogens is 1440 g/mol. The van der Waals surface area contributed by atoms with Gasteiger partial charge in [0.25, 0.3) is 0 Å². The Morgan fingerprint density at radius 3 is 1.13 bits per heavy atom. The second-order valence-corrected chi connectivity index (χ2v) is 32.9. The maximum Gasteiger partial charge on any atom is 0.187 e. The summed E-state index contributed by atoms with van der Waals surface area (Å²) in [6.45, 7) is 25.2. The normalized spacial score (nSPS) is 14.4. The second-order valence-electron chi connectivity index (χ2n) is 32.9. The molecule has 0 N–H and O–H groups in total. The molecule has 0 saturated carbocycles. The van der Waals surface area contributed by atoms with Crippen LogP contribution in [0.5, 0.6) is 0 Å². The van der Waals surface area contributed by atoms with Crippen molar-refractivity contribution in [2.75, 3.05) is 9.80 Å². The van der Waals surface area contributed by atoms with Gasteiger partial charge in [-0.05, 0) is 291 Å². The average Bonchev–Trinajstić information content (AvgIpc) is 1.54. The minimum absolute atomic E-state index is 0.408. The van der Waals surface area contributed by atoms with Gasteiger partial charge in [-0.1, -0.05) is 287 Å². The van der Waals surface area contributed by atoms with Gasteiger partial charge in [0.2, 0.25) is 0 Å². The lowest BCUT2D eigenvalue weighted by Crippen LogP contribution is -2.36. The molecule has 576 valence electrons. The highest BCUT2D eigenvalue weighted by atomic mass is 15.2. The van der Waals surface area contributed by atoms with Crippen molar-refractivity contribution in [3.63, 3.8) is 0 Å². The van der Waals surface area contributed by atoms with Crippen molar-refractivity contribution in [3.05, 3.63) is 453 Å². The summed E-state index contributed by atoms with van der Waals surface area (Å²) in [6, 6.07) is 123. The summed E-state index contributed by atoms with van der Waals surface area (Å²) >= 11 is 0. The molecule has 18 rings (SSSR count). The Hall–Kier alpha value is -13.9. The summed E-state index contributed by atoms with van der Waals surface area (Å²) in [6.07, 6.45) is 20.6.